The van der Waals surface area contributed by atoms with Gasteiger partial charge in [-0.3, -0.25) is 19.2 Å². The van der Waals surface area contributed by atoms with Crippen molar-refractivity contribution in [3.8, 4) is 0 Å². The van der Waals surface area contributed by atoms with Gasteiger partial charge in [0.15, 0.2) is 0 Å². The van der Waals surface area contributed by atoms with Crippen molar-refractivity contribution in [1.82, 2.24) is 15.1 Å². The molecule has 1 aromatic rings. The average Bonchev–Trinajstić information content (AvgIpc) is 3.18. The molecule has 0 aromatic carbocycles. The van der Waals surface area contributed by atoms with E-state index in [4.69, 9.17) is 0 Å². The van der Waals surface area contributed by atoms with E-state index in [0.717, 1.165) is 30.6 Å². The zero-order chi connectivity index (χ0) is 14.5. The van der Waals surface area contributed by atoms with Crippen molar-refractivity contribution >= 4 is 17.5 Å². The van der Waals surface area contributed by atoms with Crippen molar-refractivity contribution < 1.29 is 9.59 Å². The van der Waals surface area contributed by atoms with Gasteiger partial charge in [-0.15, -0.1) is 0 Å². The van der Waals surface area contributed by atoms with E-state index in [9.17, 15) is 9.59 Å². The number of carbonyl (C=O) groups excluding carboxylic acids is 2. The quantitative estimate of drug-likeness (QED) is 0.879. The number of nitrogens with one attached hydrogen (secondary N) is 1. The molecule has 2 heterocycles. The Kier molecular flexibility index (Phi) is 2.84. The van der Waals surface area contributed by atoms with Crippen LogP contribution in [0, 0.1) is 5.92 Å². The molecule has 108 valence electrons. The molecule has 1 aromatic heterocycles. The molecule has 1 saturated heterocycles. The maximum absolute atomic E-state index is 12.8. The van der Waals surface area contributed by atoms with Gasteiger partial charge < -0.3 is 5.32 Å². The van der Waals surface area contributed by atoms with E-state index >= 15 is 0 Å². The monoisotopic (exact) mass is 276 g/mol. The van der Waals surface area contributed by atoms with Gasteiger partial charge in [-0.05, 0) is 32.1 Å². The second-order valence-electron chi connectivity index (χ2n) is 5.90. The molecule has 6 heteroatoms. The van der Waals surface area contributed by atoms with Gasteiger partial charge in [-0.2, -0.15) is 5.10 Å². The zero-order valence-electron chi connectivity index (χ0n) is 12.1. The van der Waals surface area contributed by atoms with Crippen LogP contribution in [0.2, 0.25) is 0 Å². The minimum atomic E-state index is -0.754. The maximum Gasteiger partial charge on any atom is 0.253 e. The molecule has 1 atom stereocenters. The highest BCUT2D eigenvalue weighted by atomic mass is 16.2. The molecule has 2 aliphatic rings. The summed E-state index contributed by atoms with van der Waals surface area (Å²) >= 11 is 0. The highest BCUT2D eigenvalue weighted by molar-refractivity contribution is 6.09. The van der Waals surface area contributed by atoms with Gasteiger partial charge >= 0.3 is 0 Å². The van der Waals surface area contributed by atoms with Crippen LogP contribution in [0.5, 0.6) is 0 Å². The van der Waals surface area contributed by atoms with E-state index in [-0.39, 0.29) is 24.3 Å². The molecule has 0 radical (unpaired) electrons. The lowest BCUT2D eigenvalue weighted by atomic mass is 9.91. The minimum absolute atomic E-state index is 0.0118. The Bertz CT molecular complexity index is 576. The minimum Gasteiger partial charge on any atom is -0.340 e. The lowest BCUT2D eigenvalue weighted by molar-refractivity contribution is -0.136. The summed E-state index contributed by atoms with van der Waals surface area (Å²) in [5.41, 5.74) is 0.867. The summed E-state index contributed by atoms with van der Waals surface area (Å²) in [6.45, 7) is 3.93. The van der Waals surface area contributed by atoms with Crippen LogP contribution in [0.3, 0.4) is 0 Å². The molecule has 2 fully saturated rings. The molecule has 1 aliphatic heterocycles. The van der Waals surface area contributed by atoms with E-state index in [0.29, 0.717) is 0 Å². The third-order valence-corrected chi connectivity index (χ3v) is 4.29. The molecular weight excluding hydrogens is 256 g/mol. The number of hydrogen-bond acceptors (Lipinski definition) is 3. The Morgan fingerprint density at radius 3 is 2.75 bits per heavy atom. The number of amides is 2. The van der Waals surface area contributed by atoms with Crippen LogP contribution in [0.4, 0.5) is 5.69 Å². The van der Waals surface area contributed by atoms with E-state index in [2.05, 4.69) is 10.4 Å². The number of piperazine rings is 1. The first-order valence-corrected chi connectivity index (χ1v) is 7.11. The summed E-state index contributed by atoms with van der Waals surface area (Å²) in [6, 6.07) is 0. The normalized spacial score (nSPS) is 26.9. The number of rotatable bonds is 3. The van der Waals surface area contributed by atoms with Crippen molar-refractivity contribution in [2.45, 2.75) is 38.6 Å². The van der Waals surface area contributed by atoms with Crippen LogP contribution < -0.4 is 10.2 Å². The van der Waals surface area contributed by atoms with E-state index in [1.807, 2.05) is 27.1 Å². The van der Waals surface area contributed by atoms with Gasteiger partial charge in [-0.1, -0.05) is 6.92 Å². The van der Waals surface area contributed by atoms with Crippen molar-refractivity contribution in [2.24, 2.45) is 13.0 Å². The summed E-state index contributed by atoms with van der Waals surface area (Å²) in [5.74, 6) is 0.163. The summed E-state index contributed by atoms with van der Waals surface area (Å²) in [4.78, 5) is 26.4. The Hall–Kier alpha value is -1.85. The maximum atomic E-state index is 12.8. The molecule has 1 N–H and O–H groups in total. The fraction of sp³-hybridized carbons (Fsp3) is 0.643. The first-order valence-electron chi connectivity index (χ1n) is 7.11. The summed E-state index contributed by atoms with van der Waals surface area (Å²) in [6.07, 6.45) is 4.57. The summed E-state index contributed by atoms with van der Waals surface area (Å²) in [5, 5.41) is 7.25. The highest BCUT2D eigenvalue weighted by Crippen LogP contribution is 2.42. The van der Waals surface area contributed by atoms with Crippen LogP contribution in [0.1, 0.15) is 32.4 Å². The zero-order valence-corrected chi connectivity index (χ0v) is 12.1. The van der Waals surface area contributed by atoms with Gasteiger partial charge in [0.25, 0.3) is 5.91 Å². The predicted molar refractivity (Wildman–Crippen MR) is 74.2 cm³/mol. The Labute approximate surface area is 118 Å². The Morgan fingerprint density at radius 2 is 2.15 bits per heavy atom. The average molecular weight is 276 g/mol. The molecule has 1 saturated carbocycles. The van der Waals surface area contributed by atoms with Gasteiger partial charge in [-0.25, -0.2) is 0 Å². The number of nitrogens with zero attached hydrogens (tertiary/aromatic N) is 3. The van der Waals surface area contributed by atoms with Gasteiger partial charge in [0.2, 0.25) is 5.91 Å². The van der Waals surface area contributed by atoms with E-state index in [1.54, 1.807) is 9.58 Å². The molecular formula is C14H20N4O2. The number of aryl methyl sites for hydroxylation is 2. The van der Waals surface area contributed by atoms with Crippen LogP contribution in [0.25, 0.3) is 0 Å². The van der Waals surface area contributed by atoms with Crippen molar-refractivity contribution in [3.63, 3.8) is 0 Å². The van der Waals surface area contributed by atoms with Crippen molar-refractivity contribution in [2.75, 3.05) is 11.4 Å². The number of aromatic nitrogens is 2. The largest absolute Gasteiger partial charge is 0.340 e. The molecule has 6 nitrogen and oxygen atoms in total. The standard InChI is InChI=1S/C14H20N4O2/c1-4-10-11(7-17(3)16-10)18-8-12(19)15-14(2,13(18)20)9-5-6-9/h7,9H,4-6,8H2,1-3H3,(H,15,19). The first-order chi connectivity index (χ1) is 9.45. The molecule has 1 unspecified atom stereocenters. The summed E-state index contributed by atoms with van der Waals surface area (Å²) in [7, 11) is 1.83. The van der Waals surface area contributed by atoms with Crippen LogP contribution in [0.15, 0.2) is 6.20 Å². The number of carbonyl (C=O) groups is 2. The predicted octanol–water partition coefficient (Wildman–Crippen LogP) is 0.614. The molecule has 0 spiro atoms. The summed E-state index contributed by atoms with van der Waals surface area (Å²) < 4.78 is 1.70. The lowest BCUT2D eigenvalue weighted by Gasteiger charge is -2.39. The molecule has 2 amide bonds. The topological polar surface area (TPSA) is 67.2 Å². The third-order valence-electron chi connectivity index (χ3n) is 4.29. The van der Waals surface area contributed by atoms with Crippen LogP contribution >= 0.6 is 0 Å². The van der Waals surface area contributed by atoms with E-state index in [1.165, 1.54) is 0 Å². The Morgan fingerprint density at radius 1 is 1.45 bits per heavy atom. The van der Waals surface area contributed by atoms with Crippen molar-refractivity contribution in [3.05, 3.63) is 11.9 Å². The number of hydrogen-bond donors (Lipinski definition) is 1. The smallest absolute Gasteiger partial charge is 0.253 e. The third kappa shape index (κ3) is 1.90. The number of anilines is 1. The second-order valence-corrected chi connectivity index (χ2v) is 5.90. The van der Waals surface area contributed by atoms with E-state index < -0.39 is 5.54 Å². The Balaban J connectivity index is 1.99. The molecule has 20 heavy (non-hydrogen) atoms. The SMILES string of the molecule is CCc1nn(C)cc1N1CC(=O)NC(C)(C2CC2)C1=O. The van der Waals surface area contributed by atoms with Crippen LogP contribution in [-0.4, -0.2) is 33.7 Å². The first kappa shape index (κ1) is 13.1. The van der Waals surface area contributed by atoms with Gasteiger partial charge in [0, 0.05) is 13.2 Å². The van der Waals surface area contributed by atoms with Crippen LogP contribution in [-0.2, 0) is 23.1 Å². The lowest BCUT2D eigenvalue weighted by Crippen LogP contribution is -2.66. The fourth-order valence-electron chi connectivity index (χ4n) is 3.01. The fourth-order valence-corrected chi connectivity index (χ4v) is 3.01. The highest BCUT2D eigenvalue weighted by Gasteiger charge is 2.53. The van der Waals surface area contributed by atoms with Crippen molar-refractivity contribution in [1.29, 1.82) is 0 Å². The second kappa shape index (κ2) is 4.33. The molecule has 1 aliphatic carbocycles. The molecule has 3 rings (SSSR count). The van der Waals surface area contributed by atoms with Gasteiger partial charge in [0.1, 0.15) is 12.1 Å². The van der Waals surface area contributed by atoms with Gasteiger partial charge in [0.05, 0.1) is 11.4 Å². The molecule has 0 bridgehead atoms.